The van der Waals surface area contributed by atoms with Gasteiger partial charge < -0.3 is 0 Å². The van der Waals surface area contributed by atoms with Crippen LogP contribution in [0.3, 0.4) is 0 Å². The maximum Gasteiger partial charge on any atom is 0.177 e. The third-order valence-corrected chi connectivity index (χ3v) is 5.52. The maximum absolute atomic E-state index is 11.8. The lowest BCUT2D eigenvalue weighted by atomic mass is 10.2. The molecule has 0 aliphatic rings. The molecule has 0 amide bonds. The van der Waals surface area contributed by atoms with Gasteiger partial charge in [0.1, 0.15) is 4.34 Å². The number of ketones is 1. The lowest BCUT2D eigenvalue weighted by Crippen LogP contribution is -2.19. The van der Waals surface area contributed by atoms with Crippen LogP contribution in [0.1, 0.15) is 30.6 Å². The Morgan fingerprint density at radius 2 is 2.19 bits per heavy atom. The summed E-state index contributed by atoms with van der Waals surface area (Å²) in [5.41, 5.74) is 0.383. The van der Waals surface area contributed by atoms with E-state index in [0.717, 1.165) is 17.8 Å². The predicted molar refractivity (Wildman–Crippen MR) is 71.4 cm³/mol. The van der Waals surface area contributed by atoms with E-state index in [1.54, 1.807) is 0 Å². The monoisotopic (exact) mass is 298 g/mol. The normalized spacial score (nSPS) is 14.8. The van der Waals surface area contributed by atoms with Crippen LogP contribution in [0, 0.1) is 0 Å². The average molecular weight is 299 g/mol. The van der Waals surface area contributed by atoms with E-state index in [0.29, 0.717) is 14.2 Å². The molecule has 0 aliphatic heterocycles. The lowest BCUT2D eigenvalue weighted by Gasteiger charge is -2.07. The third-order valence-electron chi connectivity index (χ3n) is 2.25. The maximum atomic E-state index is 11.8. The van der Waals surface area contributed by atoms with E-state index in [-0.39, 0.29) is 16.8 Å². The Kier molecular flexibility index (Phi) is 5.44. The van der Waals surface area contributed by atoms with Crippen LogP contribution >= 0.6 is 34.5 Å². The Morgan fingerprint density at radius 3 is 2.62 bits per heavy atom. The molecule has 1 rings (SSSR count). The molecule has 0 bridgehead atoms. The summed E-state index contributed by atoms with van der Waals surface area (Å²) in [4.78, 5) is 11.8. The minimum Gasteiger partial charge on any atom is -0.293 e. The van der Waals surface area contributed by atoms with E-state index in [9.17, 15) is 9.00 Å². The van der Waals surface area contributed by atoms with Crippen LogP contribution < -0.4 is 0 Å². The van der Waals surface area contributed by atoms with Gasteiger partial charge in [0.2, 0.25) is 0 Å². The molecule has 0 N–H and O–H groups in total. The first-order chi connectivity index (χ1) is 7.45. The average Bonchev–Trinajstić information content (AvgIpc) is 2.56. The van der Waals surface area contributed by atoms with Gasteiger partial charge in [-0.3, -0.25) is 9.00 Å². The van der Waals surface area contributed by atoms with Gasteiger partial charge in [0, 0.05) is 21.6 Å². The first-order valence-electron chi connectivity index (χ1n) is 4.80. The molecule has 2 unspecified atom stereocenters. The number of halogens is 2. The molecule has 2 atom stereocenters. The molecule has 0 aliphatic carbocycles. The molecule has 0 aromatic carbocycles. The molecule has 0 spiro atoms. The van der Waals surface area contributed by atoms with Gasteiger partial charge in [0.15, 0.2) is 5.78 Å². The first-order valence-corrected chi connectivity index (χ1v) is 7.76. The number of rotatable bonds is 5. The van der Waals surface area contributed by atoms with Crippen molar-refractivity contribution in [3.8, 4) is 0 Å². The van der Waals surface area contributed by atoms with Gasteiger partial charge >= 0.3 is 0 Å². The van der Waals surface area contributed by atoms with Crippen molar-refractivity contribution in [1.29, 1.82) is 0 Å². The van der Waals surface area contributed by atoms with E-state index in [1.165, 1.54) is 6.07 Å². The van der Waals surface area contributed by atoms with Crippen LogP contribution in [0.2, 0.25) is 8.67 Å². The zero-order valence-electron chi connectivity index (χ0n) is 8.96. The SMILES string of the molecule is CCC(C)S(=O)CC(=O)c1cc(Cl)sc1Cl. The van der Waals surface area contributed by atoms with E-state index in [2.05, 4.69) is 0 Å². The van der Waals surface area contributed by atoms with Crippen LogP contribution in [0.15, 0.2) is 6.07 Å². The summed E-state index contributed by atoms with van der Waals surface area (Å²) in [6.45, 7) is 3.81. The molecule has 16 heavy (non-hydrogen) atoms. The van der Waals surface area contributed by atoms with Gasteiger partial charge in [-0.1, -0.05) is 37.0 Å². The predicted octanol–water partition coefficient (Wildman–Crippen LogP) is 3.78. The van der Waals surface area contributed by atoms with Crippen molar-refractivity contribution in [2.45, 2.75) is 25.5 Å². The van der Waals surface area contributed by atoms with Gasteiger partial charge in [-0.15, -0.1) is 11.3 Å². The highest BCUT2D eigenvalue weighted by atomic mass is 35.5. The van der Waals surface area contributed by atoms with E-state index < -0.39 is 10.8 Å². The highest BCUT2D eigenvalue weighted by Crippen LogP contribution is 2.31. The Labute approximate surface area is 111 Å². The van der Waals surface area contributed by atoms with Crippen LogP contribution in [-0.2, 0) is 10.8 Å². The smallest absolute Gasteiger partial charge is 0.177 e. The van der Waals surface area contributed by atoms with Gasteiger partial charge in [0.25, 0.3) is 0 Å². The van der Waals surface area contributed by atoms with Crippen molar-refractivity contribution in [2.24, 2.45) is 0 Å². The summed E-state index contributed by atoms with van der Waals surface area (Å²) in [7, 11) is -1.14. The quantitative estimate of drug-likeness (QED) is 0.775. The molecule has 0 saturated carbocycles. The fraction of sp³-hybridized carbons (Fsp3) is 0.500. The summed E-state index contributed by atoms with van der Waals surface area (Å²) in [6, 6.07) is 1.53. The zero-order valence-corrected chi connectivity index (χ0v) is 12.1. The molecule has 0 radical (unpaired) electrons. The standard InChI is InChI=1S/C10H12Cl2O2S2/c1-3-6(2)16(14)5-8(13)7-4-9(11)15-10(7)12/h4,6H,3,5H2,1-2H3. The summed E-state index contributed by atoms with van der Waals surface area (Å²) in [6.07, 6.45) is 0.790. The fourth-order valence-corrected chi connectivity index (χ4v) is 3.63. The van der Waals surface area contributed by atoms with Crippen LogP contribution in [0.25, 0.3) is 0 Å². The molecule has 90 valence electrons. The number of hydrogen-bond donors (Lipinski definition) is 0. The fourth-order valence-electron chi connectivity index (χ4n) is 1.07. The van der Waals surface area contributed by atoms with Gasteiger partial charge in [-0.2, -0.15) is 0 Å². The van der Waals surface area contributed by atoms with Crippen molar-refractivity contribution >= 4 is 51.1 Å². The summed E-state index contributed by atoms with van der Waals surface area (Å²) < 4.78 is 12.5. The summed E-state index contributed by atoms with van der Waals surface area (Å²) in [5.74, 6) is -0.186. The lowest BCUT2D eigenvalue weighted by molar-refractivity contribution is 0.102. The Hall–Kier alpha value is 0.1000. The molecule has 6 heteroatoms. The number of hydrogen-bond acceptors (Lipinski definition) is 3. The van der Waals surface area contributed by atoms with Crippen molar-refractivity contribution in [3.05, 3.63) is 20.3 Å². The molecule has 0 fully saturated rings. The van der Waals surface area contributed by atoms with E-state index in [4.69, 9.17) is 23.2 Å². The minimum absolute atomic E-state index is 0.0157. The zero-order chi connectivity index (χ0) is 12.3. The second-order valence-electron chi connectivity index (χ2n) is 3.41. The van der Waals surface area contributed by atoms with Crippen molar-refractivity contribution < 1.29 is 9.00 Å². The topological polar surface area (TPSA) is 34.1 Å². The summed E-state index contributed by atoms with van der Waals surface area (Å²) >= 11 is 12.7. The number of carbonyl (C=O) groups excluding carboxylic acids is 1. The van der Waals surface area contributed by atoms with Crippen LogP contribution in [0.5, 0.6) is 0 Å². The van der Waals surface area contributed by atoms with Crippen molar-refractivity contribution in [2.75, 3.05) is 5.75 Å². The Morgan fingerprint density at radius 1 is 1.56 bits per heavy atom. The highest BCUT2D eigenvalue weighted by Gasteiger charge is 2.19. The Balaban J connectivity index is 2.73. The molecule has 0 saturated heterocycles. The van der Waals surface area contributed by atoms with Gasteiger partial charge in [-0.25, -0.2) is 0 Å². The molecule has 1 aromatic heterocycles. The summed E-state index contributed by atoms with van der Waals surface area (Å²) in [5, 5.41) is 0.0248. The third kappa shape index (κ3) is 3.55. The van der Waals surface area contributed by atoms with Crippen molar-refractivity contribution in [1.82, 2.24) is 0 Å². The number of Topliss-reactive ketones (excluding diaryl/α,β-unsaturated/α-hetero) is 1. The number of thiophene rings is 1. The largest absolute Gasteiger partial charge is 0.293 e. The van der Waals surface area contributed by atoms with Gasteiger partial charge in [-0.05, 0) is 12.5 Å². The molecular weight excluding hydrogens is 287 g/mol. The Bertz CT molecular complexity index is 415. The van der Waals surface area contributed by atoms with Crippen LogP contribution in [-0.4, -0.2) is 21.0 Å². The molecule has 2 nitrogen and oxygen atoms in total. The molecule has 1 heterocycles. The minimum atomic E-state index is -1.14. The highest BCUT2D eigenvalue weighted by molar-refractivity contribution is 7.86. The van der Waals surface area contributed by atoms with Crippen molar-refractivity contribution in [3.63, 3.8) is 0 Å². The van der Waals surface area contributed by atoms with Crippen LogP contribution in [0.4, 0.5) is 0 Å². The second kappa shape index (κ2) is 6.15. The molecule has 1 aromatic rings. The second-order valence-corrected chi connectivity index (χ2v) is 7.55. The molecular formula is C10H12Cl2O2S2. The van der Waals surface area contributed by atoms with Gasteiger partial charge in [0.05, 0.1) is 10.1 Å². The first kappa shape index (κ1) is 14.2. The van der Waals surface area contributed by atoms with E-state index >= 15 is 0 Å². The number of carbonyl (C=O) groups is 1. The van der Waals surface area contributed by atoms with E-state index in [1.807, 2.05) is 13.8 Å².